The van der Waals surface area contributed by atoms with Crippen molar-refractivity contribution in [1.82, 2.24) is 10.3 Å². The molecule has 94 valence electrons. The minimum atomic E-state index is -0.0293. The molecule has 1 saturated heterocycles. The largest absolute Gasteiger partial charge is 0.328 e. The topological polar surface area (TPSA) is 76.9 Å². The van der Waals surface area contributed by atoms with E-state index in [1.807, 2.05) is 0 Å². The summed E-state index contributed by atoms with van der Waals surface area (Å²) < 4.78 is 4.53. The fourth-order valence-corrected chi connectivity index (χ4v) is 1.96. The van der Waals surface area contributed by atoms with Gasteiger partial charge in [-0.25, -0.2) is 4.63 Å². The predicted octanol–water partition coefficient (Wildman–Crippen LogP) is -3.27. The van der Waals surface area contributed by atoms with Gasteiger partial charge in [-0.1, -0.05) is 5.16 Å². The number of carbonyl (C=O) groups is 1. The predicted molar refractivity (Wildman–Crippen MR) is 59.8 cm³/mol. The number of quaternary nitrogens is 2. The van der Waals surface area contributed by atoms with E-state index in [4.69, 9.17) is 0 Å². The molecule has 1 amide bonds. The molecule has 2 rings (SSSR count). The molecule has 0 spiro atoms. The van der Waals surface area contributed by atoms with Crippen LogP contribution in [0.3, 0.4) is 0 Å². The summed E-state index contributed by atoms with van der Waals surface area (Å²) in [6.07, 6.45) is 0. The average Bonchev–Trinajstić information content (AvgIpc) is 2.68. The Morgan fingerprint density at radius 1 is 1.35 bits per heavy atom. The number of amides is 1. The number of hydrogen-bond donors (Lipinski definition) is 3. The molecule has 1 fully saturated rings. The third-order valence-electron chi connectivity index (χ3n) is 3.13. The summed E-state index contributed by atoms with van der Waals surface area (Å²) in [5.41, 5.74) is 0.608. The van der Waals surface area contributed by atoms with Crippen LogP contribution in [0.2, 0.25) is 0 Å². The van der Waals surface area contributed by atoms with Gasteiger partial charge in [-0.05, 0) is 12.1 Å². The van der Waals surface area contributed by atoms with Crippen molar-refractivity contribution < 1.29 is 19.2 Å². The van der Waals surface area contributed by atoms with Crippen molar-refractivity contribution in [3.63, 3.8) is 0 Å². The number of anilines is 1. The van der Waals surface area contributed by atoms with E-state index in [-0.39, 0.29) is 5.91 Å². The molecule has 7 nitrogen and oxygen atoms in total. The number of nitrogens with one attached hydrogen (secondary N) is 3. The third-order valence-corrected chi connectivity index (χ3v) is 3.13. The highest BCUT2D eigenvalue weighted by Crippen LogP contribution is 2.05. The Bertz CT molecular complexity index is 384. The zero-order valence-corrected chi connectivity index (χ0v) is 10.2. The molecule has 1 aromatic rings. The van der Waals surface area contributed by atoms with E-state index in [2.05, 4.69) is 27.3 Å². The Hall–Kier alpha value is -1.47. The van der Waals surface area contributed by atoms with Gasteiger partial charge < -0.3 is 15.1 Å². The van der Waals surface area contributed by atoms with Gasteiger partial charge in [0, 0.05) is 0 Å². The zero-order chi connectivity index (χ0) is 12.3. The summed E-state index contributed by atoms with van der Waals surface area (Å²) in [5.74, 6) is 0.396. The number of piperazine rings is 1. The van der Waals surface area contributed by atoms with Gasteiger partial charge in [0.1, 0.15) is 31.9 Å². The maximum Gasteiger partial charge on any atom is 0.280 e. The molecule has 1 aliphatic rings. The Labute approximate surface area is 99.7 Å². The average molecular weight is 241 g/mol. The Morgan fingerprint density at radius 3 is 2.65 bits per heavy atom. The molecule has 17 heavy (non-hydrogen) atoms. The van der Waals surface area contributed by atoms with Crippen LogP contribution in [0.15, 0.2) is 4.63 Å². The Morgan fingerprint density at radius 2 is 2.06 bits per heavy atom. The van der Waals surface area contributed by atoms with Crippen molar-refractivity contribution in [2.75, 3.05) is 45.1 Å². The standard InChI is InChI=1S/C10H17N5O2/c1-8-10(13-17-12-8)11-9(16)7-15-5-3-14(2)4-6-15/h3-7H2,1-2H3,(H,11,13,16)/p+2. The summed E-state index contributed by atoms with van der Waals surface area (Å²) in [7, 11) is 2.18. The highest BCUT2D eigenvalue weighted by atomic mass is 16.6. The first-order chi connectivity index (χ1) is 8.15. The van der Waals surface area contributed by atoms with Gasteiger partial charge in [0.25, 0.3) is 5.91 Å². The van der Waals surface area contributed by atoms with E-state index in [9.17, 15) is 4.79 Å². The first-order valence-corrected chi connectivity index (χ1v) is 5.89. The first kappa shape index (κ1) is 12.0. The summed E-state index contributed by atoms with van der Waals surface area (Å²) in [6.45, 7) is 6.54. The molecule has 0 bridgehead atoms. The van der Waals surface area contributed by atoms with E-state index < -0.39 is 0 Å². The van der Waals surface area contributed by atoms with Crippen molar-refractivity contribution in [2.45, 2.75) is 6.92 Å². The van der Waals surface area contributed by atoms with Crippen LogP contribution in [0.5, 0.6) is 0 Å². The minimum absolute atomic E-state index is 0.0293. The lowest BCUT2D eigenvalue weighted by Crippen LogP contribution is -3.27. The number of likely N-dealkylation sites (N-methyl/N-ethyl adjacent to an activating group) is 1. The van der Waals surface area contributed by atoms with Crippen molar-refractivity contribution >= 4 is 11.7 Å². The molecule has 0 atom stereocenters. The maximum absolute atomic E-state index is 11.8. The molecule has 0 saturated carbocycles. The van der Waals surface area contributed by atoms with Crippen LogP contribution in [0.4, 0.5) is 5.82 Å². The smallest absolute Gasteiger partial charge is 0.280 e. The highest BCUT2D eigenvalue weighted by molar-refractivity contribution is 5.90. The molecule has 0 aliphatic carbocycles. The van der Waals surface area contributed by atoms with E-state index in [0.29, 0.717) is 18.1 Å². The molecule has 3 N–H and O–H groups in total. The summed E-state index contributed by atoms with van der Waals surface area (Å²) in [5, 5.41) is 9.96. The molecule has 2 heterocycles. The zero-order valence-electron chi connectivity index (χ0n) is 10.2. The van der Waals surface area contributed by atoms with Gasteiger partial charge in [-0.15, -0.1) is 0 Å². The minimum Gasteiger partial charge on any atom is -0.328 e. The monoisotopic (exact) mass is 241 g/mol. The SMILES string of the molecule is Cc1nonc1NC(=O)C[NH+]1CC[NH+](C)CC1. The highest BCUT2D eigenvalue weighted by Gasteiger charge is 2.22. The van der Waals surface area contributed by atoms with Gasteiger partial charge in [0.15, 0.2) is 6.54 Å². The van der Waals surface area contributed by atoms with Crippen LogP contribution in [0.1, 0.15) is 5.69 Å². The molecule has 0 aromatic carbocycles. The van der Waals surface area contributed by atoms with Crippen LogP contribution in [0.25, 0.3) is 0 Å². The Kier molecular flexibility index (Phi) is 3.70. The fourth-order valence-electron chi connectivity index (χ4n) is 1.96. The quantitative estimate of drug-likeness (QED) is 0.519. The maximum atomic E-state index is 11.8. The number of nitrogens with zero attached hydrogens (tertiary/aromatic N) is 2. The number of carbonyl (C=O) groups excluding carboxylic acids is 1. The second-order valence-corrected chi connectivity index (χ2v) is 4.63. The lowest BCUT2D eigenvalue weighted by Gasteiger charge is -2.26. The van der Waals surface area contributed by atoms with E-state index in [0.717, 1.165) is 26.2 Å². The number of aryl methyl sites for hydroxylation is 1. The van der Waals surface area contributed by atoms with Gasteiger partial charge >= 0.3 is 0 Å². The molecular formula is C10H19N5O2+2. The normalized spacial score (nSPS) is 24.6. The van der Waals surface area contributed by atoms with E-state index in [1.165, 1.54) is 9.80 Å². The van der Waals surface area contributed by atoms with Crippen molar-refractivity contribution in [3.8, 4) is 0 Å². The first-order valence-electron chi connectivity index (χ1n) is 5.89. The third kappa shape index (κ3) is 3.24. The summed E-state index contributed by atoms with van der Waals surface area (Å²) in [4.78, 5) is 14.6. The van der Waals surface area contributed by atoms with Crippen molar-refractivity contribution in [2.24, 2.45) is 0 Å². The van der Waals surface area contributed by atoms with Crippen LogP contribution >= 0.6 is 0 Å². The molecular weight excluding hydrogens is 222 g/mol. The molecule has 7 heteroatoms. The van der Waals surface area contributed by atoms with E-state index in [1.54, 1.807) is 6.92 Å². The number of hydrogen-bond acceptors (Lipinski definition) is 4. The molecule has 0 radical (unpaired) electrons. The Balaban J connectivity index is 1.80. The van der Waals surface area contributed by atoms with Crippen molar-refractivity contribution in [1.29, 1.82) is 0 Å². The molecule has 0 unspecified atom stereocenters. The van der Waals surface area contributed by atoms with Crippen molar-refractivity contribution in [3.05, 3.63) is 5.69 Å². The van der Waals surface area contributed by atoms with Crippen LogP contribution in [0, 0.1) is 6.92 Å². The molecule has 1 aliphatic heterocycles. The molecule has 1 aromatic heterocycles. The van der Waals surface area contributed by atoms with Gasteiger partial charge in [-0.3, -0.25) is 4.79 Å². The summed E-state index contributed by atoms with van der Waals surface area (Å²) >= 11 is 0. The van der Waals surface area contributed by atoms with Crippen LogP contribution in [-0.2, 0) is 4.79 Å². The second-order valence-electron chi connectivity index (χ2n) is 4.63. The number of aromatic nitrogens is 2. The van der Waals surface area contributed by atoms with E-state index >= 15 is 0 Å². The lowest BCUT2D eigenvalue weighted by molar-refractivity contribution is -0.999. The van der Waals surface area contributed by atoms with Gasteiger partial charge in [0.2, 0.25) is 5.82 Å². The second kappa shape index (κ2) is 5.24. The number of rotatable bonds is 3. The summed E-state index contributed by atoms with van der Waals surface area (Å²) in [6, 6.07) is 0. The van der Waals surface area contributed by atoms with Gasteiger partial charge in [0.05, 0.1) is 7.05 Å². The van der Waals surface area contributed by atoms with Crippen LogP contribution in [-0.4, -0.2) is 56.0 Å². The fraction of sp³-hybridized carbons (Fsp3) is 0.700. The van der Waals surface area contributed by atoms with Crippen LogP contribution < -0.4 is 15.1 Å². The van der Waals surface area contributed by atoms with Gasteiger partial charge in [-0.2, -0.15) is 0 Å². The lowest BCUT2D eigenvalue weighted by atomic mass is 10.3.